The monoisotopic (exact) mass is 258 g/mol. The number of alkyl halides is 3. The molecule has 0 aliphatic rings. The molecule has 0 saturated heterocycles. The first-order valence-corrected chi connectivity index (χ1v) is 5.75. The Hall–Kier alpha value is -0.340. The lowest BCUT2D eigenvalue weighted by Gasteiger charge is -2.10. The van der Waals surface area contributed by atoms with Gasteiger partial charge in [0, 0.05) is 5.25 Å². The Balaban J connectivity index is 2.69. The molecule has 0 aliphatic heterocycles. The van der Waals surface area contributed by atoms with E-state index in [9.17, 15) is 13.2 Å². The SMILES string of the molecule is CC(O)C(C)Sc1nnc(C(F)(F)F)s1. The van der Waals surface area contributed by atoms with Gasteiger partial charge in [-0.05, 0) is 6.92 Å². The Labute approximate surface area is 92.7 Å². The lowest BCUT2D eigenvalue weighted by molar-refractivity contribution is -0.138. The van der Waals surface area contributed by atoms with Gasteiger partial charge < -0.3 is 5.11 Å². The maximum absolute atomic E-state index is 12.1. The summed E-state index contributed by atoms with van der Waals surface area (Å²) < 4.78 is 36.7. The van der Waals surface area contributed by atoms with Crippen molar-refractivity contribution in [3.63, 3.8) is 0 Å². The zero-order valence-electron chi connectivity index (χ0n) is 7.95. The molecule has 1 heterocycles. The Morgan fingerprint density at radius 3 is 2.33 bits per heavy atom. The van der Waals surface area contributed by atoms with E-state index in [-0.39, 0.29) is 9.59 Å². The number of aliphatic hydroxyl groups excluding tert-OH is 1. The van der Waals surface area contributed by atoms with Crippen LogP contribution in [0.25, 0.3) is 0 Å². The van der Waals surface area contributed by atoms with Crippen molar-refractivity contribution in [2.45, 2.75) is 35.7 Å². The number of aromatic nitrogens is 2. The van der Waals surface area contributed by atoms with Crippen molar-refractivity contribution in [3.05, 3.63) is 5.01 Å². The predicted octanol–water partition coefficient (Wildman–Crippen LogP) is 2.42. The second-order valence-electron chi connectivity index (χ2n) is 2.93. The molecule has 0 spiro atoms. The van der Waals surface area contributed by atoms with Gasteiger partial charge in [-0.2, -0.15) is 13.2 Å². The summed E-state index contributed by atoms with van der Waals surface area (Å²) in [5.41, 5.74) is 0. The van der Waals surface area contributed by atoms with E-state index in [4.69, 9.17) is 5.11 Å². The summed E-state index contributed by atoms with van der Waals surface area (Å²) in [6.45, 7) is 3.29. The maximum Gasteiger partial charge on any atom is 0.445 e. The Morgan fingerprint density at radius 1 is 1.33 bits per heavy atom. The molecular weight excluding hydrogens is 249 g/mol. The number of nitrogens with zero attached hydrogens (tertiary/aromatic N) is 2. The molecular formula is C7H9F3N2OS2. The van der Waals surface area contributed by atoms with E-state index in [1.165, 1.54) is 0 Å². The molecule has 8 heteroatoms. The third-order valence-electron chi connectivity index (χ3n) is 1.62. The molecule has 0 saturated carbocycles. The lowest BCUT2D eigenvalue weighted by atomic mass is 10.3. The third-order valence-corrected chi connectivity index (χ3v) is 3.97. The van der Waals surface area contributed by atoms with Gasteiger partial charge in [-0.1, -0.05) is 30.0 Å². The minimum atomic E-state index is -4.44. The average Bonchev–Trinajstić information content (AvgIpc) is 2.51. The van der Waals surface area contributed by atoms with Crippen LogP contribution >= 0.6 is 23.1 Å². The Bertz CT molecular complexity index is 326. The van der Waals surface area contributed by atoms with Crippen molar-refractivity contribution < 1.29 is 18.3 Å². The lowest BCUT2D eigenvalue weighted by Crippen LogP contribution is -2.14. The molecule has 2 atom stereocenters. The first-order valence-electron chi connectivity index (χ1n) is 4.06. The molecule has 1 rings (SSSR count). The van der Waals surface area contributed by atoms with Gasteiger partial charge in [0.2, 0.25) is 5.01 Å². The van der Waals surface area contributed by atoms with Crippen LogP contribution in [0.2, 0.25) is 0 Å². The molecule has 0 aliphatic carbocycles. The third kappa shape index (κ3) is 3.62. The summed E-state index contributed by atoms with van der Waals surface area (Å²) in [6.07, 6.45) is -5.04. The molecule has 0 fully saturated rings. The van der Waals surface area contributed by atoms with Crippen molar-refractivity contribution in [1.82, 2.24) is 10.2 Å². The van der Waals surface area contributed by atoms with Crippen molar-refractivity contribution in [2.24, 2.45) is 0 Å². The molecule has 1 N–H and O–H groups in total. The van der Waals surface area contributed by atoms with Crippen LogP contribution in [0.3, 0.4) is 0 Å². The molecule has 15 heavy (non-hydrogen) atoms. The standard InChI is InChI=1S/C7H9F3N2OS2/c1-3(13)4(2)14-6-12-11-5(15-6)7(8,9)10/h3-4,13H,1-2H3. The molecule has 1 aromatic heterocycles. The second kappa shape index (κ2) is 4.67. The minimum Gasteiger partial charge on any atom is -0.392 e. The van der Waals surface area contributed by atoms with Gasteiger partial charge in [-0.15, -0.1) is 10.2 Å². The molecule has 2 unspecified atom stereocenters. The number of thioether (sulfide) groups is 1. The van der Waals surface area contributed by atoms with Gasteiger partial charge in [0.05, 0.1) is 6.10 Å². The maximum atomic E-state index is 12.1. The zero-order valence-corrected chi connectivity index (χ0v) is 9.58. The molecule has 0 aromatic carbocycles. The second-order valence-corrected chi connectivity index (χ2v) is 5.54. The fourth-order valence-electron chi connectivity index (χ4n) is 0.629. The summed E-state index contributed by atoms with van der Waals surface area (Å²) in [5.74, 6) is 0. The number of hydrogen-bond acceptors (Lipinski definition) is 5. The summed E-state index contributed by atoms with van der Waals surface area (Å²) in [7, 11) is 0. The van der Waals surface area contributed by atoms with E-state index in [2.05, 4.69) is 10.2 Å². The normalized spacial score (nSPS) is 16.4. The van der Waals surface area contributed by atoms with Crippen LogP contribution in [0.15, 0.2) is 4.34 Å². The highest BCUT2D eigenvalue weighted by Gasteiger charge is 2.35. The minimum absolute atomic E-state index is 0.209. The van der Waals surface area contributed by atoms with Gasteiger partial charge in [0.25, 0.3) is 0 Å². The van der Waals surface area contributed by atoms with Gasteiger partial charge in [0.15, 0.2) is 4.34 Å². The summed E-state index contributed by atoms with van der Waals surface area (Å²) >= 11 is 1.57. The Kier molecular flexibility index (Phi) is 3.96. The quantitative estimate of drug-likeness (QED) is 0.846. The predicted molar refractivity (Wildman–Crippen MR) is 51.9 cm³/mol. The van der Waals surface area contributed by atoms with Gasteiger partial charge in [-0.3, -0.25) is 0 Å². The first kappa shape index (κ1) is 12.7. The van der Waals surface area contributed by atoms with E-state index in [0.717, 1.165) is 11.8 Å². The molecule has 0 bridgehead atoms. The number of rotatable bonds is 3. The van der Waals surface area contributed by atoms with Crippen LogP contribution in [-0.4, -0.2) is 26.7 Å². The van der Waals surface area contributed by atoms with Crippen molar-refractivity contribution in [1.29, 1.82) is 0 Å². The average molecular weight is 258 g/mol. The van der Waals surface area contributed by atoms with E-state index in [1.54, 1.807) is 13.8 Å². The van der Waals surface area contributed by atoms with Crippen molar-refractivity contribution in [3.8, 4) is 0 Å². The van der Waals surface area contributed by atoms with Crippen LogP contribution in [0.5, 0.6) is 0 Å². The van der Waals surface area contributed by atoms with E-state index >= 15 is 0 Å². The number of halogens is 3. The highest BCUT2D eigenvalue weighted by Crippen LogP contribution is 2.35. The largest absolute Gasteiger partial charge is 0.445 e. The fourth-order valence-corrected chi connectivity index (χ4v) is 2.56. The molecule has 0 amide bonds. The fraction of sp³-hybridized carbons (Fsp3) is 0.714. The van der Waals surface area contributed by atoms with Crippen LogP contribution in [0.4, 0.5) is 13.2 Å². The first-order chi connectivity index (χ1) is 6.80. The smallest absolute Gasteiger partial charge is 0.392 e. The number of hydrogen-bond donors (Lipinski definition) is 1. The highest BCUT2D eigenvalue weighted by atomic mass is 32.2. The van der Waals surface area contributed by atoms with Gasteiger partial charge in [0.1, 0.15) is 0 Å². The summed E-state index contributed by atoms with van der Waals surface area (Å²) in [6, 6.07) is 0. The highest BCUT2D eigenvalue weighted by molar-refractivity contribution is 8.01. The van der Waals surface area contributed by atoms with Crippen LogP contribution in [0, 0.1) is 0 Å². The summed E-state index contributed by atoms with van der Waals surface area (Å²) in [4.78, 5) is 0. The van der Waals surface area contributed by atoms with Crippen LogP contribution in [0.1, 0.15) is 18.9 Å². The van der Waals surface area contributed by atoms with Crippen LogP contribution in [-0.2, 0) is 6.18 Å². The van der Waals surface area contributed by atoms with E-state index in [0.29, 0.717) is 11.3 Å². The van der Waals surface area contributed by atoms with E-state index in [1.807, 2.05) is 0 Å². The van der Waals surface area contributed by atoms with Crippen LogP contribution < -0.4 is 0 Å². The summed E-state index contributed by atoms with van der Waals surface area (Å²) in [5, 5.41) is 14.4. The van der Waals surface area contributed by atoms with Gasteiger partial charge in [-0.25, -0.2) is 0 Å². The van der Waals surface area contributed by atoms with Crippen molar-refractivity contribution >= 4 is 23.1 Å². The van der Waals surface area contributed by atoms with Crippen molar-refractivity contribution in [2.75, 3.05) is 0 Å². The molecule has 1 aromatic rings. The van der Waals surface area contributed by atoms with E-state index < -0.39 is 17.3 Å². The zero-order chi connectivity index (χ0) is 11.6. The van der Waals surface area contributed by atoms with Gasteiger partial charge >= 0.3 is 6.18 Å². The number of aliphatic hydroxyl groups is 1. The molecule has 3 nitrogen and oxygen atoms in total. The topological polar surface area (TPSA) is 46.0 Å². The Morgan fingerprint density at radius 2 is 1.93 bits per heavy atom. The molecule has 86 valence electrons. The molecule has 0 radical (unpaired) electrons.